The zero-order chi connectivity index (χ0) is 38.9. The van der Waals surface area contributed by atoms with Crippen LogP contribution < -0.4 is 0 Å². The summed E-state index contributed by atoms with van der Waals surface area (Å²) in [7, 11) is -0.414. The molecule has 5 aromatic rings. The quantitative estimate of drug-likeness (QED) is 0.0828. The lowest BCUT2D eigenvalue weighted by Gasteiger charge is -2.30. The molecule has 0 unspecified atom stereocenters. The van der Waals surface area contributed by atoms with Crippen LogP contribution in [0.15, 0.2) is 81.0 Å². The average Bonchev–Trinajstić information content (AvgIpc) is 3.77. The lowest BCUT2D eigenvalue weighted by Crippen LogP contribution is -2.28. The molecule has 0 aliphatic heterocycles. The number of fused-ring (bicyclic) bond motifs is 1. The Labute approximate surface area is 320 Å². The fraction of sp³-hybridized carbons (Fsp3) is 0.359. The van der Waals surface area contributed by atoms with Crippen LogP contribution in [0.1, 0.15) is 63.9 Å². The normalized spacial score (nSPS) is 13.9. The lowest BCUT2D eigenvalue weighted by molar-refractivity contribution is -0.144. The van der Waals surface area contributed by atoms with Crippen molar-refractivity contribution in [2.24, 2.45) is 18.4 Å². The van der Waals surface area contributed by atoms with Gasteiger partial charge in [-0.2, -0.15) is 5.10 Å². The number of aromatic amines is 1. The summed E-state index contributed by atoms with van der Waals surface area (Å²) in [6.45, 7) is 11.1. The average molecular weight is 832 g/mol. The van der Waals surface area contributed by atoms with Crippen LogP contribution in [0.4, 0.5) is 13.2 Å². The summed E-state index contributed by atoms with van der Waals surface area (Å²) in [6, 6.07) is 13.7. The van der Waals surface area contributed by atoms with E-state index < -0.39 is 38.1 Å². The number of carbonyl (C=O) groups is 1. The number of rotatable bonds is 15. The number of methoxy groups -OCH3 is 1. The van der Waals surface area contributed by atoms with Crippen LogP contribution in [0.25, 0.3) is 22.3 Å². The van der Waals surface area contributed by atoms with Gasteiger partial charge in [0.1, 0.15) is 5.82 Å². The smallest absolute Gasteiger partial charge is 0.308 e. The number of ether oxygens (including phenoxy) is 1. The van der Waals surface area contributed by atoms with Gasteiger partial charge in [0.05, 0.1) is 40.2 Å². The van der Waals surface area contributed by atoms with Crippen molar-refractivity contribution in [1.29, 1.82) is 0 Å². The van der Waals surface area contributed by atoms with Crippen molar-refractivity contribution in [3.63, 3.8) is 0 Å². The first kappa shape index (κ1) is 40.3. The van der Waals surface area contributed by atoms with Crippen LogP contribution in [-0.4, -0.2) is 47.0 Å². The Kier molecular flexibility index (Phi) is 12.0. The molecule has 0 amide bonds. The number of benzene rings is 3. The van der Waals surface area contributed by atoms with Gasteiger partial charge in [0.15, 0.2) is 33.1 Å². The molecular formula is C39H42BrF3N4O4S2. The number of hydrogen-bond acceptors (Lipinski definition) is 7. The summed E-state index contributed by atoms with van der Waals surface area (Å²) in [5, 5.41) is 6.27. The topological polar surface area (TPSA) is 107 Å². The first-order chi connectivity index (χ1) is 24.9. The maximum absolute atomic E-state index is 15.6. The molecule has 2 heterocycles. The lowest BCUT2D eigenvalue weighted by atomic mass is 9.75. The van der Waals surface area contributed by atoms with E-state index in [0.717, 1.165) is 28.3 Å². The van der Waals surface area contributed by atoms with Crippen molar-refractivity contribution < 1.29 is 31.1 Å². The Balaban J connectivity index is 1.53. The number of halogens is 4. The van der Waals surface area contributed by atoms with E-state index in [9.17, 15) is 17.6 Å². The van der Waals surface area contributed by atoms with Crippen molar-refractivity contribution in [2.75, 3.05) is 12.9 Å². The van der Waals surface area contributed by atoms with Crippen molar-refractivity contribution in [1.82, 2.24) is 19.7 Å². The minimum atomic E-state index is -3.43. The van der Waals surface area contributed by atoms with Gasteiger partial charge in [-0.25, -0.2) is 31.3 Å². The van der Waals surface area contributed by atoms with E-state index in [4.69, 9.17) is 14.8 Å². The zero-order valence-electron chi connectivity index (χ0n) is 30.4. The molecule has 0 radical (unpaired) electrons. The molecule has 14 heteroatoms. The fourth-order valence-electron chi connectivity index (χ4n) is 6.62. The second-order valence-corrected chi connectivity index (χ2v) is 18.1. The highest BCUT2D eigenvalue weighted by molar-refractivity contribution is 9.10. The number of hydrogen-bond donors (Lipinski definition) is 1. The molecule has 5 rings (SSSR count). The molecule has 2 atom stereocenters. The number of sulfone groups is 1. The van der Waals surface area contributed by atoms with E-state index in [0.29, 0.717) is 46.3 Å². The Morgan fingerprint density at radius 3 is 2.55 bits per heavy atom. The van der Waals surface area contributed by atoms with Crippen LogP contribution in [0.2, 0.25) is 0 Å². The molecule has 0 aliphatic rings. The predicted molar refractivity (Wildman–Crippen MR) is 206 cm³/mol. The highest BCUT2D eigenvalue weighted by Crippen LogP contribution is 2.43. The van der Waals surface area contributed by atoms with Gasteiger partial charge in [0.2, 0.25) is 0 Å². The minimum Gasteiger partial charge on any atom is -0.469 e. The largest absolute Gasteiger partial charge is 0.469 e. The monoisotopic (exact) mass is 830 g/mol. The maximum atomic E-state index is 15.6. The van der Waals surface area contributed by atoms with E-state index >= 15 is 8.78 Å². The van der Waals surface area contributed by atoms with E-state index in [1.165, 1.54) is 36.2 Å². The predicted octanol–water partition coefficient (Wildman–Crippen LogP) is 9.71. The van der Waals surface area contributed by atoms with Crippen molar-refractivity contribution in [3.05, 3.63) is 106 Å². The first-order valence-corrected chi connectivity index (χ1v) is 20.3. The second kappa shape index (κ2) is 15.8. The molecule has 0 saturated carbocycles. The molecule has 53 heavy (non-hydrogen) atoms. The van der Waals surface area contributed by atoms with Crippen LogP contribution in [0, 0.1) is 28.8 Å². The van der Waals surface area contributed by atoms with E-state index in [2.05, 4.69) is 27.5 Å². The van der Waals surface area contributed by atoms with Crippen LogP contribution in [-0.2, 0) is 38.3 Å². The van der Waals surface area contributed by atoms with Gasteiger partial charge < -0.3 is 9.72 Å². The number of nitrogens with one attached hydrogen (secondary N) is 1. The molecule has 3 aromatic carbocycles. The van der Waals surface area contributed by atoms with Gasteiger partial charge in [-0.1, -0.05) is 69.8 Å². The Hall–Kier alpha value is -3.88. The van der Waals surface area contributed by atoms with Crippen LogP contribution in [0.5, 0.6) is 0 Å². The highest BCUT2D eigenvalue weighted by atomic mass is 79.9. The van der Waals surface area contributed by atoms with Gasteiger partial charge >= 0.3 is 5.97 Å². The van der Waals surface area contributed by atoms with Gasteiger partial charge in [-0.3, -0.25) is 4.79 Å². The summed E-state index contributed by atoms with van der Waals surface area (Å²) in [4.78, 5) is 20.3. The number of nitrogens with zero attached hydrogens (tertiary/aromatic N) is 3. The van der Waals surface area contributed by atoms with Crippen molar-refractivity contribution in [2.45, 2.75) is 68.6 Å². The fourth-order valence-corrected chi connectivity index (χ4v) is 9.65. The molecule has 0 aliphatic carbocycles. The summed E-state index contributed by atoms with van der Waals surface area (Å²) >= 11 is 4.37. The van der Waals surface area contributed by atoms with Crippen LogP contribution in [0.3, 0.4) is 0 Å². The molecule has 1 N–H and O–H groups in total. The SMILES string of the molecule is C=CS(=O)(=O)CC(C)(C)CCC[C@](C)(c1cccc(C[C@H](C)C(=O)OC)c1)c1nc(-c2cc(Sc3c(F)c(F)c4[nH]ccc4c3Br)ccc2F)n(C)n1. The number of H-pyrrole nitrogens is 1. The van der Waals surface area contributed by atoms with E-state index in [-0.39, 0.29) is 39.4 Å². The summed E-state index contributed by atoms with van der Waals surface area (Å²) in [5.41, 5.74) is 0.570. The summed E-state index contributed by atoms with van der Waals surface area (Å²) in [5.74, 6) is -2.73. The molecule has 282 valence electrons. The Morgan fingerprint density at radius 1 is 1.11 bits per heavy atom. The molecule has 8 nitrogen and oxygen atoms in total. The summed E-state index contributed by atoms with van der Waals surface area (Å²) in [6.07, 6.45) is 3.66. The molecule has 0 spiro atoms. The molecular weight excluding hydrogens is 789 g/mol. The van der Waals surface area contributed by atoms with E-state index in [1.54, 1.807) is 20.0 Å². The van der Waals surface area contributed by atoms with Gasteiger partial charge in [0, 0.05) is 33.4 Å². The standard InChI is InChI=1S/C39H42BrF3N4O4S2/c1-8-53(49,50)22-38(3,4)16-10-17-39(5,25-12-9-11-24(20-25)19-23(2)36(48)51-7)37-45-35(47(6)46-37)28-21-26(13-14-29(28)41)52-34-30(40)27-15-18-44-33(27)31(42)32(34)43/h8-9,11-15,18,20-21,23,44H,1,10,16-17,19,22H2,2-7H3/t23-,39+/m0/s1. The third-order valence-corrected chi connectivity index (χ3v) is 13.4. The highest BCUT2D eigenvalue weighted by Gasteiger charge is 2.36. The molecule has 0 fully saturated rings. The number of aryl methyl sites for hydroxylation is 1. The third kappa shape index (κ3) is 8.76. The van der Waals surface area contributed by atoms with Crippen LogP contribution >= 0.6 is 27.7 Å². The maximum Gasteiger partial charge on any atom is 0.308 e. The molecule has 2 aromatic heterocycles. The molecule has 0 saturated heterocycles. The third-order valence-electron chi connectivity index (χ3n) is 9.54. The zero-order valence-corrected chi connectivity index (χ0v) is 33.6. The van der Waals surface area contributed by atoms with Gasteiger partial charge in [-0.15, -0.1) is 0 Å². The number of carbonyl (C=O) groups excluding carboxylic acids is 1. The Morgan fingerprint density at radius 2 is 1.85 bits per heavy atom. The van der Waals surface area contributed by atoms with E-state index in [1.807, 2.05) is 45.0 Å². The van der Waals surface area contributed by atoms with Crippen molar-refractivity contribution >= 4 is 54.4 Å². The molecule has 0 bridgehead atoms. The van der Waals surface area contributed by atoms with Gasteiger partial charge in [-0.05, 0) is 82.9 Å². The Bertz CT molecular complexity index is 2290. The number of aromatic nitrogens is 4. The van der Waals surface area contributed by atoms with Gasteiger partial charge in [0.25, 0.3) is 0 Å². The second-order valence-electron chi connectivity index (χ2n) is 14.3. The van der Waals surface area contributed by atoms with Crippen molar-refractivity contribution in [3.8, 4) is 11.4 Å². The summed E-state index contributed by atoms with van der Waals surface area (Å²) < 4.78 is 77.3. The first-order valence-electron chi connectivity index (χ1n) is 16.9. The minimum absolute atomic E-state index is 0.0172. The number of esters is 1.